The van der Waals surface area contributed by atoms with Crippen molar-refractivity contribution in [2.45, 2.75) is 6.61 Å². The minimum atomic E-state index is 0.433. The summed E-state index contributed by atoms with van der Waals surface area (Å²) in [5.74, 6) is 0. The first-order valence-corrected chi connectivity index (χ1v) is 6.07. The van der Waals surface area contributed by atoms with Crippen LogP contribution < -0.4 is 0 Å². The van der Waals surface area contributed by atoms with Gasteiger partial charge in [0, 0.05) is 18.2 Å². The van der Waals surface area contributed by atoms with Gasteiger partial charge in [0.2, 0.25) is 0 Å². The Bertz CT molecular complexity index is 534. The van der Waals surface area contributed by atoms with Crippen molar-refractivity contribution < 1.29 is 4.74 Å². The number of halogens is 1. The van der Waals surface area contributed by atoms with Gasteiger partial charge in [0.25, 0.3) is 0 Å². The van der Waals surface area contributed by atoms with Crippen molar-refractivity contribution in [3.63, 3.8) is 0 Å². The number of hydrogen-bond donors (Lipinski definition) is 0. The van der Waals surface area contributed by atoms with Crippen LogP contribution in [0.3, 0.4) is 0 Å². The molecule has 0 aliphatic rings. The van der Waals surface area contributed by atoms with E-state index in [4.69, 9.17) is 16.3 Å². The second kappa shape index (κ2) is 5.85. The van der Waals surface area contributed by atoms with E-state index < -0.39 is 0 Å². The Labute approximate surface area is 112 Å². The summed E-state index contributed by atoms with van der Waals surface area (Å²) in [5, 5.41) is 5.05. The SMILES string of the molecule is C=CCOCc1c(-c2ccccc2)nn(C)c1Cl. The maximum atomic E-state index is 6.24. The molecular weight excluding hydrogens is 248 g/mol. The summed E-state index contributed by atoms with van der Waals surface area (Å²) in [6.07, 6.45) is 1.71. The van der Waals surface area contributed by atoms with Crippen molar-refractivity contribution in [3.8, 4) is 11.3 Å². The molecule has 0 saturated carbocycles. The summed E-state index contributed by atoms with van der Waals surface area (Å²) in [6.45, 7) is 4.55. The fourth-order valence-electron chi connectivity index (χ4n) is 1.75. The van der Waals surface area contributed by atoms with Crippen LogP contribution >= 0.6 is 11.6 Å². The molecule has 0 radical (unpaired) electrons. The molecule has 0 spiro atoms. The first kappa shape index (κ1) is 12.9. The molecule has 0 atom stereocenters. The lowest BCUT2D eigenvalue weighted by atomic mass is 10.1. The van der Waals surface area contributed by atoms with Gasteiger partial charge >= 0.3 is 0 Å². The Hall–Kier alpha value is -1.58. The van der Waals surface area contributed by atoms with Crippen LogP contribution in [0.2, 0.25) is 5.15 Å². The summed E-state index contributed by atoms with van der Waals surface area (Å²) in [4.78, 5) is 0. The van der Waals surface area contributed by atoms with Gasteiger partial charge < -0.3 is 4.74 Å². The predicted octanol–water partition coefficient (Wildman–Crippen LogP) is 3.44. The van der Waals surface area contributed by atoms with Gasteiger partial charge in [-0.25, -0.2) is 0 Å². The minimum Gasteiger partial charge on any atom is -0.373 e. The van der Waals surface area contributed by atoms with E-state index in [9.17, 15) is 0 Å². The zero-order valence-electron chi connectivity index (χ0n) is 10.3. The maximum Gasteiger partial charge on any atom is 0.132 e. The van der Waals surface area contributed by atoms with E-state index in [0.29, 0.717) is 18.4 Å². The molecular formula is C14H15ClN2O. The average Bonchev–Trinajstić information content (AvgIpc) is 2.68. The molecule has 2 rings (SSSR count). The highest BCUT2D eigenvalue weighted by molar-refractivity contribution is 6.30. The molecule has 94 valence electrons. The molecule has 0 fully saturated rings. The summed E-state index contributed by atoms with van der Waals surface area (Å²) < 4.78 is 7.13. The zero-order chi connectivity index (χ0) is 13.0. The largest absolute Gasteiger partial charge is 0.373 e. The van der Waals surface area contributed by atoms with E-state index in [1.807, 2.05) is 37.4 Å². The van der Waals surface area contributed by atoms with Gasteiger partial charge in [-0.2, -0.15) is 5.10 Å². The quantitative estimate of drug-likeness (QED) is 0.610. The van der Waals surface area contributed by atoms with Crippen LogP contribution in [0.5, 0.6) is 0 Å². The van der Waals surface area contributed by atoms with Crippen LogP contribution in [-0.4, -0.2) is 16.4 Å². The Morgan fingerprint density at radius 3 is 2.78 bits per heavy atom. The van der Waals surface area contributed by atoms with Gasteiger partial charge in [-0.1, -0.05) is 48.0 Å². The molecule has 0 bridgehead atoms. The van der Waals surface area contributed by atoms with Gasteiger partial charge in [0.1, 0.15) is 5.15 Å². The fourth-order valence-corrected chi connectivity index (χ4v) is 1.93. The highest BCUT2D eigenvalue weighted by Gasteiger charge is 2.15. The van der Waals surface area contributed by atoms with E-state index in [-0.39, 0.29) is 0 Å². The molecule has 1 aromatic carbocycles. The summed E-state index contributed by atoms with van der Waals surface area (Å²) in [7, 11) is 1.83. The van der Waals surface area contributed by atoms with Crippen LogP contribution in [0.4, 0.5) is 0 Å². The van der Waals surface area contributed by atoms with E-state index >= 15 is 0 Å². The lowest BCUT2D eigenvalue weighted by Gasteiger charge is -2.03. The normalized spacial score (nSPS) is 10.6. The molecule has 0 aliphatic heterocycles. The van der Waals surface area contributed by atoms with Crippen LogP contribution in [0.25, 0.3) is 11.3 Å². The molecule has 1 aromatic heterocycles. The highest BCUT2D eigenvalue weighted by Crippen LogP contribution is 2.28. The predicted molar refractivity (Wildman–Crippen MR) is 73.5 cm³/mol. The number of aromatic nitrogens is 2. The number of nitrogens with zero attached hydrogens (tertiary/aromatic N) is 2. The van der Waals surface area contributed by atoms with Crippen molar-refractivity contribution in [2.75, 3.05) is 6.61 Å². The molecule has 0 aliphatic carbocycles. The van der Waals surface area contributed by atoms with E-state index in [2.05, 4.69) is 11.7 Å². The molecule has 0 saturated heterocycles. The number of hydrogen-bond acceptors (Lipinski definition) is 2. The second-order valence-corrected chi connectivity index (χ2v) is 4.27. The van der Waals surface area contributed by atoms with Crippen molar-refractivity contribution in [3.05, 3.63) is 53.7 Å². The molecule has 1 heterocycles. The van der Waals surface area contributed by atoms with Crippen molar-refractivity contribution in [2.24, 2.45) is 7.05 Å². The highest BCUT2D eigenvalue weighted by atomic mass is 35.5. The van der Waals surface area contributed by atoms with Gasteiger partial charge in [0.05, 0.1) is 18.9 Å². The molecule has 18 heavy (non-hydrogen) atoms. The van der Waals surface area contributed by atoms with Crippen LogP contribution in [0.15, 0.2) is 43.0 Å². The lowest BCUT2D eigenvalue weighted by Crippen LogP contribution is -1.94. The Morgan fingerprint density at radius 1 is 1.39 bits per heavy atom. The standard InChI is InChI=1S/C14H15ClN2O/c1-3-9-18-10-12-13(16-17(2)14(12)15)11-7-5-4-6-8-11/h3-8H,1,9-10H2,2H3. The number of aryl methyl sites for hydroxylation is 1. The Kier molecular flexibility index (Phi) is 4.18. The smallest absolute Gasteiger partial charge is 0.132 e. The van der Waals surface area contributed by atoms with Crippen LogP contribution in [-0.2, 0) is 18.4 Å². The monoisotopic (exact) mass is 262 g/mol. The third-order valence-electron chi connectivity index (χ3n) is 2.60. The molecule has 2 aromatic rings. The van der Waals surface area contributed by atoms with E-state index in [1.54, 1.807) is 10.8 Å². The van der Waals surface area contributed by atoms with Gasteiger partial charge in [-0.15, -0.1) is 6.58 Å². The van der Waals surface area contributed by atoms with Gasteiger partial charge in [-0.3, -0.25) is 4.68 Å². The number of rotatable bonds is 5. The minimum absolute atomic E-state index is 0.433. The summed E-state index contributed by atoms with van der Waals surface area (Å²) in [5.41, 5.74) is 2.82. The summed E-state index contributed by atoms with van der Waals surface area (Å²) in [6, 6.07) is 9.95. The van der Waals surface area contributed by atoms with Crippen LogP contribution in [0.1, 0.15) is 5.56 Å². The molecule has 3 nitrogen and oxygen atoms in total. The summed E-state index contributed by atoms with van der Waals surface area (Å²) >= 11 is 6.24. The second-order valence-electron chi connectivity index (χ2n) is 3.91. The van der Waals surface area contributed by atoms with Crippen LogP contribution in [0, 0.1) is 0 Å². The lowest BCUT2D eigenvalue weighted by molar-refractivity contribution is 0.149. The van der Waals surface area contributed by atoms with Crippen molar-refractivity contribution >= 4 is 11.6 Å². The Morgan fingerprint density at radius 2 is 2.11 bits per heavy atom. The third-order valence-corrected chi connectivity index (χ3v) is 3.07. The first-order chi connectivity index (χ1) is 8.74. The number of ether oxygens (including phenoxy) is 1. The fraction of sp³-hybridized carbons (Fsp3) is 0.214. The van der Waals surface area contributed by atoms with E-state index in [1.165, 1.54) is 0 Å². The number of benzene rings is 1. The Balaban J connectivity index is 2.35. The first-order valence-electron chi connectivity index (χ1n) is 5.69. The molecule has 4 heteroatoms. The van der Waals surface area contributed by atoms with E-state index in [0.717, 1.165) is 16.8 Å². The molecule has 0 N–H and O–H groups in total. The van der Waals surface area contributed by atoms with Crippen molar-refractivity contribution in [1.29, 1.82) is 0 Å². The van der Waals surface area contributed by atoms with Crippen molar-refractivity contribution in [1.82, 2.24) is 9.78 Å². The third kappa shape index (κ3) is 2.63. The molecule has 0 unspecified atom stereocenters. The van der Waals surface area contributed by atoms with Gasteiger partial charge in [0.15, 0.2) is 0 Å². The maximum absolute atomic E-state index is 6.24. The zero-order valence-corrected chi connectivity index (χ0v) is 11.0. The topological polar surface area (TPSA) is 27.1 Å². The average molecular weight is 263 g/mol. The van der Waals surface area contributed by atoms with Gasteiger partial charge in [-0.05, 0) is 0 Å². The molecule has 0 amide bonds.